The van der Waals surface area contributed by atoms with Crippen molar-refractivity contribution >= 4 is 6.21 Å². The first-order chi connectivity index (χ1) is 9.31. The van der Waals surface area contributed by atoms with Gasteiger partial charge in [-0.3, -0.25) is 0 Å². The normalized spacial score (nSPS) is 10.7. The van der Waals surface area contributed by atoms with Gasteiger partial charge in [0.1, 0.15) is 0 Å². The standard InChI is InChI=1S/C15H24N2O2/c1-4-5-6-7-10-19-14-9-8-13(12-17-16-2)11-15(14)18-3/h8-9,11-12,16H,4-7,10H2,1-3H3/b17-12+. The van der Waals surface area contributed by atoms with Crippen LogP contribution in [0.15, 0.2) is 23.3 Å². The number of rotatable bonds is 9. The second-order valence-corrected chi connectivity index (χ2v) is 4.30. The summed E-state index contributed by atoms with van der Waals surface area (Å²) in [6.07, 6.45) is 6.54. The lowest BCUT2D eigenvalue weighted by molar-refractivity contribution is 0.285. The molecule has 0 unspecified atom stereocenters. The number of hydrogen-bond acceptors (Lipinski definition) is 4. The van der Waals surface area contributed by atoms with Crippen molar-refractivity contribution < 1.29 is 9.47 Å². The number of ether oxygens (including phenoxy) is 2. The van der Waals surface area contributed by atoms with E-state index < -0.39 is 0 Å². The van der Waals surface area contributed by atoms with Crippen molar-refractivity contribution in [3.63, 3.8) is 0 Å². The fourth-order valence-electron chi connectivity index (χ4n) is 1.73. The van der Waals surface area contributed by atoms with E-state index in [2.05, 4.69) is 17.5 Å². The van der Waals surface area contributed by atoms with E-state index in [1.54, 1.807) is 20.4 Å². The summed E-state index contributed by atoms with van der Waals surface area (Å²) >= 11 is 0. The molecule has 1 rings (SSSR count). The minimum atomic E-state index is 0.736. The van der Waals surface area contributed by atoms with Gasteiger partial charge in [-0.05, 0) is 30.2 Å². The third-order valence-electron chi connectivity index (χ3n) is 2.79. The van der Waals surface area contributed by atoms with Crippen LogP contribution >= 0.6 is 0 Å². The Balaban J connectivity index is 2.55. The van der Waals surface area contributed by atoms with Crippen LogP contribution in [-0.2, 0) is 0 Å². The van der Waals surface area contributed by atoms with Crippen molar-refractivity contribution in [1.29, 1.82) is 0 Å². The summed E-state index contributed by atoms with van der Waals surface area (Å²) in [6.45, 7) is 2.94. The molecule has 1 aromatic carbocycles. The molecule has 0 amide bonds. The summed E-state index contributed by atoms with van der Waals surface area (Å²) in [6, 6.07) is 5.81. The van der Waals surface area contributed by atoms with Crippen LogP contribution in [0.25, 0.3) is 0 Å². The van der Waals surface area contributed by atoms with Crippen LogP contribution in [0.1, 0.15) is 38.2 Å². The van der Waals surface area contributed by atoms with Crippen molar-refractivity contribution in [1.82, 2.24) is 5.43 Å². The number of hydrogen-bond donors (Lipinski definition) is 1. The molecule has 106 valence electrons. The fraction of sp³-hybridized carbons (Fsp3) is 0.533. The minimum Gasteiger partial charge on any atom is -0.493 e. The van der Waals surface area contributed by atoms with Gasteiger partial charge in [0.05, 0.1) is 19.9 Å². The van der Waals surface area contributed by atoms with E-state index in [4.69, 9.17) is 9.47 Å². The Labute approximate surface area is 115 Å². The molecule has 0 atom stereocenters. The number of nitrogens with one attached hydrogen (secondary N) is 1. The van der Waals surface area contributed by atoms with E-state index in [9.17, 15) is 0 Å². The third-order valence-corrected chi connectivity index (χ3v) is 2.79. The Morgan fingerprint density at radius 1 is 1.21 bits per heavy atom. The van der Waals surface area contributed by atoms with Gasteiger partial charge in [0.15, 0.2) is 11.5 Å². The van der Waals surface area contributed by atoms with Crippen LogP contribution in [0.3, 0.4) is 0 Å². The number of benzene rings is 1. The van der Waals surface area contributed by atoms with E-state index >= 15 is 0 Å². The maximum absolute atomic E-state index is 5.75. The number of unbranched alkanes of at least 4 members (excludes halogenated alkanes) is 3. The molecule has 0 spiro atoms. The van der Waals surface area contributed by atoms with E-state index in [1.807, 2.05) is 18.2 Å². The van der Waals surface area contributed by atoms with E-state index in [0.29, 0.717) is 0 Å². The first-order valence-electron chi connectivity index (χ1n) is 6.82. The molecule has 0 aliphatic heterocycles. The lowest BCUT2D eigenvalue weighted by Crippen LogP contribution is -2.00. The number of hydrazone groups is 1. The maximum Gasteiger partial charge on any atom is 0.161 e. The Bertz CT molecular complexity index is 392. The molecule has 0 aromatic heterocycles. The second-order valence-electron chi connectivity index (χ2n) is 4.30. The highest BCUT2D eigenvalue weighted by Crippen LogP contribution is 2.27. The summed E-state index contributed by atoms with van der Waals surface area (Å²) in [4.78, 5) is 0. The molecule has 4 nitrogen and oxygen atoms in total. The molecule has 0 saturated heterocycles. The molecule has 0 bridgehead atoms. The Morgan fingerprint density at radius 3 is 2.74 bits per heavy atom. The van der Waals surface area contributed by atoms with Crippen LogP contribution in [0.5, 0.6) is 11.5 Å². The topological polar surface area (TPSA) is 42.8 Å². The largest absolute Gasteiger partial charge is 0.493 e. The highest BCUT2D eigenvalue weighted by atomic mass is 16.5. The van der Waals surface area contributed by atoms with Crippen molar-refractivity contribution in [3.8, 4) is 11.5 Å². The second kappa shape index (κ2) is 9.25. The van der Waals surface area contributed by atoms with Crippen LogP contribution in [-0.4, -0.2) is 27.0 Å². The molecule has 0 aliphatic carbocycles. The van der Waals surface area contributed by atoms with E-state index in [1.165, 1.54) is 19.3 Å². The zero-order valence-electron chi connectivity index (χ0n) is 12.1. The van der Waals surface area contributed by atoms with Crippen LogP contribution in [0, 0.1) is 0 Å². The highest BCUT2D eigenvalue weighted by Gasteiger charge is 2.04. The first kappa shape index (κ1) is 15.3. The Hall–Kier alpha value is -1.71. The molecular weight excluding hydrogens is 240 g/mol. The van der Waals surface area contributed by atoms with Crippen LogP contribution in [0.4, 0.5) is 0 Å². The Kier molecular flexibility index (Phi) is 7.47. The summed E-state index contributed by atoms with van der Waals surface area (Å²) in [5.41, 5.74) is 3.70. The van der Waals surface area contributed by atoms with Crippen LogP contribution in [0.2, 0.25) is 0 Å². The molecule has 0 heterocycles. The fourth-order valence-corrected chi connectivity index (χ4v) is 1.73. The smallest absolute Gasteiger partial charge is 0.161 e. The van der Waals surface area contributed by atoms with Gasteiger partial charge in [-0.25, -0.2) is 0 Å². The molecular formula is C15H24N2O2. The van der Waals surface area contributed by atoms with Gasteiger partial charge >= 0.3 is 0 Å². The number of methoxy groups -OCH3 is 1. The van der Waals surface area contributed by atoms with Crippen LogP contribution < -0.4 is 14.9 Å². The summed E-state index contributed by atoms with van der Waals surface area (Å²) in [5.74, 6) is 1.54. The predicted molar refractivity (Wildman–Crippen MR) is 79.3 cm³/mol. The van der Waals surface area contributed by atoms with Gasteiger partial charge in [0.2, 0.25) is 0 Å². The van der Waals surface area contributed by atoms with Crippen molar-refractivity contribution in [2.24, 2.45) is 5.10 Å². The zero-order valence-corrected chi connectivity index (χ0v) is 12.1. The minimum absolute atomic E-state index is 0.736. The third kappa shape index (κ3) is 5.64. The summed E-state index contributed by atoms with van der Waals surface area (Å²) in [7, 11) is 3.42. The molecule has 19 heavy (non-hydrogen) atoms. The van der Waals surface area contributed by atoms with Gasteiger partial charge in [-0.15, -0.1) is 0 Å². The average molecular weight is 264 g/mol. The van der Waals surface area contributed by atoms with Gasteiger partial charge in [-0.2, -0.15) is 5.10 Å². The van der Waals surface area contributed by atoms with E-state index in [-0.39, 0.29) is 0 Å². The predicted octanol–water partition coefficient (Wildman–Crippen LogP) is 3.21. The molecule has 0 fully saturated rings. The van der Waals surface area contributed by atoms with Gasteiger partial charge < -0.3 is 14.9 Å². The number of nitrogens with zero attached hydrogens (tertiary/aromatic N) is 1. The zero-order chi connectivity index (χ0) is 13.9. The average Bonchev–Trinajstić information content (AvgIpc) is 2.45. The molecule has 1 N–H and O–H groups in total. The SMILES string of the molecule is CCCCCCOc1ccc(/C=N/NC)cc1OC. The molecule has 0 saturated carbocycles. The summed E-state index contributed by atoms with van der Waals surface area (Å²) < 4.78 is 11.1. The summed E-state index contributed by atoms with van der Waals surface area (Å²) in [5, 5.41) is 3.97. The van der Waals surface area contributed by atoms with Gasteiger partial charge in [0.25, 0.3) is 0 Å². The Morgan fingerprint density at radius 2 is 2.05 bits per heavy atom. The van der Waals surface area contributed by atoms with Crippen molar-refractivity contribution in [3.05, 3.63) is 23.8 Å². The monoisotopic (exact) mass is 264 g/mol. The highest BCUT2D eigenvalue weighted by molar-refractivity contribution is 5.80. The maximum atomic E-state index is 5.75. The first-order valence-corrected chi connectivity index (χ1v) is 6.82. The molecule has 0 aliphatic rings. The van der Waals surface area contributed by atoms with Gasteiger partial charge in [0, 0.05) is 7.05 Å². The van der Waals surface area contributed by atoms with Crippen molar-refractivity contribution in [2.45, 2.75) is 32.6 Å². The lowest BCUT2D eigenvalue weighted by Gasteiger charge is -2.11. The molecule has 0 radical (unpaired) electrons. The lowest BCUT2D eigenvalue weighted by atomic mass is 10.2. The molecule has 4 heteroatoms. The van der Waals surface area contributed by atoms with E-state index in [0.717, 1.165) is 30.1 Å². The van der Waals surface area contributed by atoms with Crippen molar-refractivity contribution in [2.75, 3.05) is 20.8 Å². The van der Waals surface area contributed by atoms with Gasteiger partial charge in [-0.1, -0.05) is 26.2 Å². The molecule has 1 aromatic rings. The quantitative estimate of drug-likeness (QED) is 0.423.